The molecule has 0 spiro atoms. The highest BCUT2D eigenvalue weighted by atomic mass is 16.6. The Morgan fingerprint density at radius 3 is 1.67 bits per heavy atom. The van der Waals surface area contributed by atoms with Crippen molar-refractivity contribution in [3.05, 3.63) is 11.5 Å². The van der Waals surface area contributed by atoms with Crippen molar-refractivity contribution in [1.82, 2.24) is 0 Å². The number of hydrogen-bond acceptors (Lipinski definition) is 5. The molecule has 0 saturated heterocycles. The van der Waals surface area contributed by atoms with Gasteiger partial charge in [0.05, 0.1) is 0 Å². The zero-order valence-corrected chi connectivity index (χ0v) is 7.61. The maximum Gasteiger partial charge on any atom is 0.288 e. The Kier molecular flexibility index (Phi) is 2.00. The van der Waals surface area contributed by atoms with Crippen LogP contribution in [0.5, 0.6) is 11.5 Å². The van der Waals surface area contributed by atoms with Crippen LogP contribution >= 0.6 is 0 Å². The van der Waals surface area contributed by atoms with E-state index >= 15 is 0 Å². The smallest absolute Gasteiger partial charge is 0.288 e. The van der Waals surface area contributed by atoms with Crippen molar-refractivity contribution < 1.29 is 23.5 Å². The number of nitrogens with two attached hydrogens (primary N) is 2. The summed E-state index contributed by atoms with van der Waals surface area (Å²) >= 11 is 0. The van der Waals surface area contributed by atoms with Crippen LogP contribution in [0.2, 0.25) is 0 Å². The number of furan rings is 1. The molecule has 1 aromatic rings. The van der Waals surface area contributed by atoms with Crippen LogP contribution in [0.4, 0.5) is 0 Å². The van der Waals surface area contributed by atoms with Gasteiger partial charge in [-0.3, -0.25) is 9.59 Å². The molecule has 0 atom stereocenters. The molecule has 0 aliphatic carbocycles. The summed E-state index contributed by atoms with van der Waals surface area (Å²) in [7, 11) is 0. The largest absolute Gasteiger partial charge is 0.483 e. The fraction of sp³-hybridized carbons (Fsp3) is 0.250. The summed E-state index contributed by atoms with van der Waals surface area (Å²) in [6, 6.07) is 0. The topological polar surface area (TPSA) is 118 Å². The van der Waals surface area contributed by atoms with Gasteiger partial charge in [-0.2, -0.15) is 0 Å². The highest BCUT2D eigenvalue weighted by Gasteiger charge is 2.31. The van der Waals surface area contributed by atoms with E-state index in [1.807, 2.05) is 0 Å². The summed E-state index contributed by atoms with van der Waals surface area (Å²) in [5.74, 6) is -2.10. The third-order valence-electron chi connectivity index (χ3n) is 1.85. The Morgan fingerprint density at radius 2 is 1.33 bits per heavy atom. The molecule has 0 aromatic carbocycles. The third kappa shape index (κ3) is 1.37. The number of primary amides is 2. The van der Waals surface area contributed by atoms with Crippen molar-refractivity contribution in [1.29, 1.82) is 0 Å². The Morgan fingerprint density at radius 1 is 0.933 bits per heavy atom. The quantitative estimate of drug-likeness (QED) is 0.668. The van der Waals surface area contributed by atoms with Gasteiger partial charge in [0.2, 0.25) is 23.0 Å². The van der Waals surface area contributed by atoms with Crippen LogP contribution in [0.1, 0.15) is 21.1 Å². The van der Waals surface area contributed by atoms with E-state index in [1.54, 1.807) is 0 Å². The van der Waals surface area contributed by atoms with Gasteiger partial charge in [-0.25, -0.2) is 0 Å². The molecule has 0 radical (unpaired) electrons. The summed E-state index contributed by atoms with van der Waals surface area (Å²) < 4.78 is 15.1. The molecule has 7 nitrogen and oxygen atoms in total. The first-order valence-corrected chi connectivity index (χ1v) is 4.13. The predicted molar refractivity (Wildman–Crippen MR) is 46.7 cm³/mol. The van der Waals surface area contributed by atoms with E-state index in [-0.39, 0.29) is 36.2 Å². The van der Waals surface area contributed by atoms with Crippen molar-refractivity contribution in [2.45, 2.75) is 0 Å². The highest BCUT2D eigenvalue weighted by molar-refractivity contribution is 5.99. The molecule has 7 heteroatoms. The number of rotatable bonds is 2. The summed E-state index contributed by atoms with van der Waals surface area (Å²) in [5.41, 5.74) is 10.1. The molecule has 2 amide bonds. The molecule has 0 saturated carbocycles. The maximum atomic E-state index is 10.9. The molecule has 15 heavy (non-hydrogen) atoms. The molecule has 1 aromatic heterocycles. The lowest BCUT2D eigenvalue weighted by Crippen LogP contribution is -2.19. The summed E-state index contributed by atoms with van der Waals surface area (Å²) in [6.07, 6.45) is 0. The lowest BCUT2D eigenvalue weighted by Gasteiger charge is -2.14. The van der Waals surface area contributed by atoms with E-state index < -0.39 is 11.8 Å². The average Bonchev–Trinajstić information content (AvgIpc) is 2.56. The minimum atomic E-state index is -0.843. The number of fused-ring (bicyclic) bond motifs is 1. The Bertz CT molecular complexity index is 398. The average molecular weight is 212 g/mol. The van der Waals surface area contributed by atoms with Gasteiger partial charge in [-0.1, -0.05) is 0 Å². The first-order valence-electron chi connectivity index (χ1n) is 4.13. The molecule has 1 aliphatic heterocycles. The predicted octanol–water partition coefficient (Wildman–Crippen LogP) is -0.751. The normalized spacial score (nSPS) is 13.6. The molecular formula is C8H8N2O5. The van der Waals surface area contributed by atoms with Gasteiger partial charge in [0.25, 0.3) is 11.8 Å². The molecule has 1 aliphatic rings. The minimum Gasteiger partial charge on any atom is -0.483 e. The van der Waals surface area contributed by atoms with Crippen LogP contribution in [0, 0.1) is 0 Å². The van der Waals surface area contributed by atoms with Crippen LogP contribution in [0.3, 0.4) is 0 Å². The van der Waals surface area contributed by atoms with Gasteiger partial charge in [0.1, 0.15) is 13.2 Å². The maximum absolute atomic E-state index is 10.9. The van der Waals surface area contributed by atoms with E-state index in [0.717, 1.165) is 0 Å². The van der Waals surface area contributed by atoms with Gasteiger partial charge in [-0.15, -0.1) is 0 Å². The molecule has 0 unspecified atom stereocenters. The number of hydrogen-bond donors (Lipinski definition) is 2. The van der Waals surface area contributed by atoms with Crippen molar-refractivity contribution >= 4 is 11.8 Å². The van der Waals surface area contributed by atoms with E-state index in [2.05, 4.69) is 0 Å². The molecular weight excluding hydrogens is 204 g/mol. The zero-order chi connectivity index (χ0) is 11.0. The monoisotopic (exact) mass is 212 g/mol. The number of carbonyl (C=O) groups excluding carboxylic acids is 2. The molecule has 0 fully saturated rings. The van der Waals surface area contributed by atoms with Gasteiger partial charge in [0.15, 0.2) is 0 Å². The minimum absolute atomic E-state index is 0.0440. The third-order valence-corrected chi connectivity index (χ3v) is 1.85. The fourth-order valence-electron chi connectivity index (χ4n) is 1.28. The highest BCUT2D eigenvalue weighted by Crippen LogP contribution is 2.39. The van der Waals surface area contributed by atoms with E-state index in [4.69, 9.17) is 25.4 Å². The summed E-state index contributed by atoms with van der Waals surface area (Å²) in [4.78, 5) is 21.9. The molecule has 4 N–H and O–H groups in total. The van der Waals surface area contributed by atoms with Crippen molar-refractivity contribution in [2.24, 2.45) is 11.5 Å². The van der Waals surface area contributed by atoms with E-state index in [0.29, 0.717) is 0 Å². The first-order chi connectivity index (χ1) is 7.11. The Hall–Kier alpha value is -2.18. The van der Waals surface area contributed by atoms with Crippen molar-refractivity contribution in [2.75, 3.05) is 13.2 Å². The van der Waals surface area contributed by atoms with Crippen LogP contribution in [0.25, 0.3) is 0 Å². The van der Waals surface area contributed by atoms with Crippen LogP contribution in [0.15, 0.2) is 4.42 Å². The second kappa shape index (κ2) is 3.19. The zero-order valence-electron chi connectivity index (χ0n) is 7.61. The lowest BCUT2D eigenvalue weighted by atomic mass is 10.3. The van der Waals surface area contributed by atoms with Gasteiger partial charge < -0.3 is 25.4 Å². The van der Waals surface area contributed by atoms with Crippen LogP contribution < -0.4 is 20.9 Å². The lowest BCUT2D eigenvalue weighted by molar-refractivity contribution is 0.0948. The van der Waals surface area contributed by atoms with E-state index in [9.17, 15) is 9.59 Å². The molecule has 0 bridgehead atoms. The number of carbonyl (C=O) groups is 2. The van der Waals surface area contributed by atoms with Crippen molar-refractivity contribution in [3.8, 4) is 11.5 Å². The number of ether oxygens (including phenoxy) is 2. The van der Waals surface area contributed by atoms with Crippen LogP contribution in [-0.2, 0) is 0 Å². The standard InChI is InChI=1S/C8H8N2O5/c9-7(11)5-3-4(14-2-1-13-3)6(15-5)8(10)12/h1-2H2,(H2,9,11)(H2,10,12). The fourth-order valence-corrected chi connectivity index (χ4v) is 1.28. The van der Waals surface area contributed by atoms with Crippen molar-refractivity contribution in [3.63, 3.8) is 0 Å². The molecule has 80 valence electrons. The Labute approximate surface area is 83.9 Å². The van der Waals surface area contributed by atoms with Gasteiger partial charge in [0, 0.05) is 0 Å². The second-order valence-electron chi connectivity index (χ2n) is 2.84. The van der Waals surface area contributed by atoms with Gasteiger partial charge in [-0.05, 0) is 0 Å². The van der Waals surface area contributed by atoms with E-state index in [1.165, 1.54) is 0 Å². The van der Waals surface area contributed by atoms with Gasteiger partial charge >= 0.3 is 0 Å². The second-order valence-corrected chi connectivity index (χ2v) is 2.84. The first kappa shape index (κ1) is 9.38. The number of amides is 2. The summed E-state index contributed by atoms with van der Waals surface area (Å²) in [6.45, 7) is 0.510. The molecule has 2 heterocycles. The van der Waals surface area contributed by atoms with Crippen LogP contribution in [-0.4, -0.2) is 25.0 Å². The molecule has 2 rings (SSSR count). The SMILES string of the molecule is NC(=O)c1oc(C(N)=O)c2c1OCCO2. The Balaban J connectivity index is 2.59. The summed E-state index contributed by atoms with van der Waals surface area (Å²) in [5, 5.41) is 0.